The summed E-state index contributed by atoms with van der Waals surface area (Å²) in [5, 5.41) is 13.9. The maximum atomic E-state index is 12.3. The van der Waals surface area contributed by atoms with Crippen LogP contribution in [0.2, 0.25) is 0 Å². The summed E-state index contributed by atoms with van der Waals surface area (Å²) >= 11 is 5.89. The number of nitro groups is 1. The van der Waals surface area contributed by atoms with Crippen LogP contribution in [-0.4, -0.2) is 22.8 Å². The molecule has 1 aliphatic carbocycles. The van der Waals surface area contributed by atoms with Crippen LogP contribution in [0.3, 0.4) is 0 Å². The minimum absolute atomic E-state index is 0.0132. The highest BCUT2D eigenvalue weighted by molar-refractivity contribution is 6.18. The average molecular weight is 297 g/mol. The largest absolute Gasteiger partial charge is 0.349 e. The van der Waals surface area contributed by atoms with E-state index in [0.717, 1.165) is 19.3 Å². The van der Waals surface area contributed by atoms with E-state index in [-0.39, 0.29) is 29.1 Å². The van der Waals surface area contributed by atoms with Crippen LogP contribution in [0.25, 0.3) is 0 Å². The molecule has 0 heterocycles. The summed E-state index contributed by atoms with van der Waals surface area (Å²) in [4.78, 5) is 22.9. The van der Waals surface area contributed by atoms with Gasteiger partial charge in [0.2, 0.25) is 0 Å². The number of hydrogen-bond acceptors (Lipinski definition) is 3. The van der Waals surface area contributed by atoms with Gasteiger partial charge >= 0.3 is 0 Å². The summed E-state index contributed by atoms with van der Waals surface area (Å²) in [7, 11) is 0. The highest BCUT2D eigenvalue weighted by atomic mass is 35.5. The van der Waals surface area contributed by atoms with E-state index in [9.17, 15) is 14.9 Å². The molecule has 1 saturated carbocycles. The number of alkyl halides is 1. The Hall–Kier alpha value is -1.62. The van der Waals surface area contributed by atoms with Gasteiger partial charge in [-0.1, -0.05) is 18.6 Å². The molecule has 1 aromatic carbocycles. The number of nitrogens with one attached hydrogen (secondary N) is 1. The smallest absolute Gasteiger partial charge is 0.282 e. The molecule has 0 bridgehead atoms. The van der Waals surface area contributed by atoms with E-state index >= 15 is 0 Å². The number of aryl methyl sites for hydroxylation is 1. The molecule has 2 unspecified atom stereocenters. The van der Waals surface area contributed by atoms with Gasteiger partial charge in [-0.05, 0) is 31.2 Å². The molecule has 2 rings (SSSR count). The molecule has 0 radical (unpaired) electrons. The van der Waals surface area contributed by atoms with Gasteiger partial charge in [0.15, 0.2) is 0 Å². The van der Waals surface area contributed by atoms with Gasteiger partial charge in [0.05, 0.1) is 4.92 Å². The van der Waals surface area contributed by atoms with E-state index in [4.69, 9.17) is 11.6 Å². The van der Waals surface area contributed by atoms with Crippen LogP contribution in [0, 0.1) is 23.0 Å². The summed E-state index contributed by atoms with van der Waals surface area (Å²) in [6, 6.07) is 4.66. The van der Waals surface area contributed by atoms with Crippen LogP contribution >= 0.6 is 11.6 Å². The monoisotopic (exact) mass is 296 g/mol. The molecule has 0 aliphatic heterocycles. The van der Waals surface area contributed by atoms with Crippen molar-refractivity contribution in [2.75, 3.05) is 5.88 Å². The number of amides is 1. The molecule has 1 fully saturated rings. The molecule has 1 aromatic rings. The van der Waals surface area contributed by atoms with Crippen molar-refractivity contribution in [1.29, 1.82) is 0 Å². The lowest BCUT2D eigenvalue weighted by Gasteiger charge is -2.19. The number of nitro benzene ring substituents is 1. The Morgan fingerprint density at radius 1 is 1.50 bits per heavy atom. The second kappa shape index (κ2) is 6.22. The second-order valence-electron chi connectivity index (χ2n) is 5.15. The number of hydrogen-bond donors (Lipinski definition) is 1. The third kappa shape index (κ3) is 2.93. The quantitative estimate of drug-likeness (QED) is 0.527. The fourth-order valence-electron chi connectivity index (χ4n) is 2.75. The van der Waals surface area contributed by atoms with Crippen molar-refractivity contribution in [3.8, 4) is 0 Å². The van der Waals surface area contributed by atoms with Gasteiger partial charge in [-0.3, -0.25) is 14.9 Å². The van der Waals surface area contributed by atoms with E-state index < -0.39 is 4.92 Å². The molecule has 2 atom stereocenters. The first-order chi connectivity index (χ1) is 9.54. The molecular weight excluding hydrogens is 280 g/mol. The van der Waals surface area contributed by atoms with Crippen LogP contribution in [0.1, 0.15) is 35.2 Å². The number of carbonyl (C=O) groups excluding carboxylic acids is 1. The van der Waals surface area contributed by atoms with Gasteiger partial charge < -0.3 is 5.32 Å². The number of carbonyl (C=O) groups is 1. The molecular formula is C14H17ClN2O3. The van der Waals surface area contributed by atoms with Crippen molar-refractivity contribution in [2.24, 2.45) is 5.92 Å². The van der Waals surface area contributed by atoms with Crippen molar-refractivity contribution in [3.63, 3.8) is 0 Å². The Labute approximate surface area is 122 Å². The number of benzene rings is 1. The van der Waals surface area contributed by atoms with Crippen molar-refractivity contribution in [2.45, 2.75) is 32.2 Å². The Morgan fingerprint density at radius 2 is 2.25 bits per heavy atom. The summed E-state index contributed by atoms with van der Waals surface area (Å²) in [5.41, 5.74) is 0.609. The summed E-state index contributed by atoms with van der Waals surface area (Å²) in [5.74, 6) is 0.376. The number of rotatable bonds is 4. The zero-order valence-corrected chi connectivity index (χ0v) is 12.0. The summed E-state index contributed by atoms with van der Waals surface area (Å²) in [6.07, 6.45) is 2.89. The predicted octanol–water partition coefficient (Wildman–Crippen LogP) is 3.04. The third-order valence-corrected chi connectivity index (χ3v) is 4.24. The topological polar surface area (TPSA) is 72.2 Å². The minimum atomic E-state index is -0.518. The van der Waals surface area contributed by atoms with Crippen molar-refractivity contribution >= 4 is 23.2 Å². The molecule has 6 heteroatoms. The average Bonchev–Trinajstić information content (AvgIpc) is 2.85. The molecule has 1 N–H and O–H groups in total. The molecule has 0 saturated heterocycles. The Bertz CT molecular complexity index is 533. The third-order valence-electron chi connectivity index (χ3n) is 3.85. The molecule has 20 heavy (non-hydrogen) atoms. The van der Waals surface area contributed by atoms with E-state index in [1.165, 1.54) is 6.07 Å². The van der Waals surface area contributed by atoms with Gasteiger partial charge in [-0.2, -0.15) is 0 Å². The van der Waals surface area contributed by atoms with Crippen molar-refractivity contribution in [1.82, 2.24) is 5.32 Å². The van der Waals surface area contributed by atoms with Gasteiger partial charge in [-0.25, -0.2) is 0 Å². The lowest BCUT2D eigenvalue weighted by Crippen LogP contribution is -2.38. The summed E-state index contributed by atoms with van der Waals surface area (Å²) < 4.78 is 0. The van der Waals surface area contributed by atoms with Gasteiger partial charge in [0, 0.05) is 18.0 Å². The normalized spacial score (nSPS) is 21.7. The molecule has 5 nitrogen and oxygen atoms in total. The summed E-state index contributed by atoms with van der Waals surface area (Å²) in [6.45, 7) is 1.70. The molecule has 1 amide bonds. The zero-order valence-electron chi connectivity index (χ0n) is 11.3. The Morgan fingerprint density at radius 3 is 2.90 bits per heavy atom. The SMILES string of the molecule is Cc1cccc([N+](=O)[O-])c1C(=O)NC1CCCC1CCl. The first-order valence-electron chi connectivity index (χ1n) is 6.65. The molecule has 108 valence electrons. The lowest BCUT2D eigenvalue weighted by atomic mass is 10.0. The fraction of sp³-hybridized carbons (Fsp3) is 0.500. The highest BCUT2D eigenvalue weighted by Gasteiger charge is 2.30. The van der Waals surface area contributed by atoms with E-state index in [1.807, 2.05) is 0 Å². The minimum Gasteiger partial charge on any atom is -0.349 e. The first-order valence-corrected chi connectivity index (χ1v) is 7.19. The predicted molar refractivity (Wildman–Crippen MR) is 77.1 cm³/mol. The van der Waals surface area contributed by atoms with E-state index in [2.05, 4.69) is 5.32 Å². The number of halogens is 1. The van der Waals surface area contributed by atoms with Crippen LogP contribution in [-0.2, 0) is 0 Å². The molecule has 0 aromatic heterocycles. The first kappa shape index (κ1) is 14.8. The Kier molecular flexibility index (Phi) is 4.60. The molecule has 0 spiro atoms. The lowest BCUT2D eigenvalue weighted by molar-refractivity contribution is -0.385. The van der Waals surface area contributed by atoms with Gasteiger partial charge in [0.1, 0.15) is 5.56 Å². The van der Waals surface area contributed by atoms with Gasteiger partial charge in [-0.15, -0.1) is 11.6 Å². The van der Waals surface area contributed by atoms with Crippen LogP contribution in [0.15, 0.2) is 18.2 Å². The van der Waals surface area contributed by atoms with Crippen LogP contribution in [0.4, 0.5) is 5.69 Å². The molecule has 1 aliphatic rings. The second-order valence-corrected chi connectivity index (χ2v) is 5.46. The van der Waals surface area contributed by atoms with E-state index in [0.29, 0.717) is 11.4 Å². The van der Waals surface area contributed by atoms with Crippen molar-refractivity contribution in [3.05, 3.63) is 39.4 Å². The van der Waals surface area contributed by atoms with Gasteiger partial charge in [0.25, 0.3) is 11.6 Å². The Balaban J connectivity index is 2.23. The highest BCUT2D eigenvalue weighted by Crippen LogP contribution is 2.28. The zero-order chi connectivity index (χ0) is 14.7. The standard InChI is InChI=1S/C14H17ClN2O3/c1-9-4-2-7-12(17(19)20)13(9)14(18)16-11-6-3-5-10(11)8-15/h2,4,7,10-11H,3,5-6,8H2,1H3,(H,16,18). The van der Waals surface area contributed by atoms with Crippen LogP contribution in [0.5, 0.6) is 0 Å². The maximum absolute atomic E-state index is 12.3. The van der Waals surface area contributed by atoms with Crippen LogP contribution < -0.4 is 5.32 Å². The van der Waals surface area contributed by atoms with E-state index in [1.54, 1.807) is 19.1 Å². The van der Waals surface area contributed by atoms with Crippen molar-refractivity contribution < 1.29 is 9.72 Å². The maximum Gasteiger partial charge on any atom is 0.282 e. The fourth-order valence-corrected chi connectivity index (χ4v) is 3.12. The number of nitrogens with zero attached hydrogens (tertiary/aromatic N) is 1.